The third kappa shape index (κ3) is 4.68. The quantitative estimate of drug-likeness (QED) is 0.535. The lowest BCUT2D eigenvalue weighted by atomic mass is 9.98. The molecule has 0 bridgehead atoms. The first-order chi connectivity index (χ1) is 16.2. The van der Waals surface area contributed by atoms with Crippen LogP contribution >= 0.6 is 11.3 Å². The van der Waals surface area contributed by atoms with E-state index in [1.807, 2.05) is 77.0 Å². The maximum Gasteiger partial charge on any atom is 0.284 e. The molecule has 1 saturated heterocycles. The standard InChI is InChI=1S/C26H25N3O3S/c30-25(28-14-4-5-15-28)18-32-21-12-10-19(11-13-21)22-17-23(20-7-2-1-3-8-20)29(27-22)26(31)24-9-6-16-33-24/h1-3,6-13,16,23H,4-5,14-15,17-18H2/t23-/m1/s1. The van der Waals surface area contributed by atoms with Gasteiger partial charge in [0.15, 0.2) is 6.61 Å². The van der Waals surface area contributed by atoms with E-state index in [2.05, 4.69) is 0 Å². The van der Waals surface area contributed by atoms with Gasteiger partial charge in [-0.3, -0.25) is 9.59 Å². The summed E-state index contributed by atoms with van der Waals surface area (Å²) in [4.78, 5) is 27.9. The number of thiophene rings is 1. The summed E-state index contributed by atoms with van der Waals surface area (Å²) in [7, 11) is 0. The number of benzene rings is 2. The van der Waals surface area contributed by atoms with Crippen molar-refractivity contribution < 1.29 is 14.3 Å². The minimum atomic E-state index is -0.148. The molecular weight excluding hydrogens is 434 g/mol. The van der Waals surface area contributed by atoms with Crippen LogP contribution in [0.5, 0.6) is 5.75 Å². The van der Waals surface area contributed by atoms with Crippen LogP contribution in [0.15, 0.2) is 77.2 Å². The Hall–Kier alpha value is -3.45. The summed E-state index contributed by atoms with van der Waals surface area (Å²) in [6.07, 6.45) is 2.77. The molecule has 33 heavy (non-hydrogen) atoms. The molecule has 3 aromatic rings. The van der Waals surface area contributed by atoms with Gasteiger partial charge in [-0.2, -0.15) is 5.10 Å². The monoisotopic (exact) mass is 459 g/mol. The van der Waals surface area contributed by atoms with Crippen molar-refractivity contribution in [1.82, 2.24) is 9.91 Å². The van der Waals surface area contributed by atoms with Crippen LogP contribution in [0.3, 0.4) is 0 Å². The van der Waals surface area contributed by atoms with Crippen LogP contribution in [-0.2, 0) is 4.79 Å². The van der Waals surface area contributed by atoms with Crippen molar-refractivity contribution in [3.05, 3.63) is 88.1 Å². The molecule has 3 heterocycles. The topological polar surface area (TPSA) is 62.2 Å². The van der Waals surface area contributed by atoms with Gasteiger partial charge in [-0.15, -0.1) is 11.3 Å². The lowest BCUT2D eigenvalue weighted by Gasteiger charge is -2.21. The average Bonchev–Trinajstić information content (AvgIpc) is 3.64. The van der Waals surface area contributed by atoms with E-state index in [9.17, 15) is 9.59 Å². The molecule has 0 saturated carbocycles. The van der Waals surface area contributed by atoms with Crippen LogP contribution in [0.25, 0.3) is 0 Å². The van der Waals surface area contributed by atoms with Crippen molar-refractivity contribution in [3.8, 4) is 5.75 Å². The number of hydrazone groups is 1. The summed E-state index contributed by atoms with van der Waals surface area (Å²) >= 11 is 1.42. The second-order valence-corrected chi connectivity index (χ2v) is 9.15. The number of ether oxygens (including phenoxy) is 1. The summed E-state index contributed by atoms with van der Waals surface area (Å²) in [6.45, 7) is 1.70. The smallest absolute Gasteiger partial charge is 0.284 e. The van der Waals surface area contributed by atoms with E-state index in [1.165, 1.54) is 11.3 Å². The summed E-state index contributed by atoms with van der Waals surface area (Å²) in [5.41, 5.74) is 2.85. The van der Waals surface area contributed by atoms with Crippen LogP contribution in [0.4, 0.5) is 0 Å². The summed E-state index contributed by atoms with van der Waals surface area (Å²) in [6, 6.07) is 21.2. The molecule has 2 aliphatic rings. The molecule has 168 valence electrons. The van der Waals surface area contributed by atoms with Gasteiger partial charge in [0.2, 0.25) is 0 Å². The molecule has 2 aromatic carbocycles. The van der Waals surface area contributed by atoms with E-state index in [0.29, 0.717) is 17.0 Å². The molecule has 0 radical (unpaired) electrons. The Balaban J connectivity index is 1.32. The number of nitrogens with zero attached hydrogens (tertiary/aromatic N) is 3. The maximum absolute atomic E-state index is 13.2. The van der Waals surface area contributed by atoms with E-state index in [1.54, 1.807) is 5.01 Å². The number of likely N-dealkylation sites (tertiary alicyclic amines) is 1. The first-order valence-electron chi connectivity index (χ1n) is 11.2. The van der Waals surface area contributed by atoms with Crippen molar-refractivity contribution in [1.29, 1.82) is 0 Å². The third-order valence-corrected chi connectivity index (χ3v) is 6.90. The number of carbonyl (C=O) groups is 2. The van der Waals surface area contributed by atoms with E-state index < -0.39 is 0 Å². The Morgan fingerprint density at radius 2 is 1.73 bits per heavy atom. The van der Waals surface area contributed by atoms with Crippen molar-refractivity contribution in [3.63, 3.8) is 0 Å². The van der Waals surface area contributed by atoms with Crippen molar-refractivity contribution >= 4 is 28.9 Å². The van der Waals surface area contributed by atoms with Crippen LogP contribution in [0, 0.1) is 0 Å². The first-order valence-corrected chi connectivity index (χ1v) is 12.1. The SMILES string of the molecule is O=C(COc1ccc(C2=NN(C(=O)c3cccs3)[C@@H](c3ccccc3)C2)cc1)N1CCCC1. The highest BCUT2D eigenvalue weighted by molar-refractivity contribution is 7.12. The summed E-state index contributed by atoms with van der Waals surface area (Å²) in [5, 5.41) is 8.24. The van der Waals surface area contributed by atoms with Gasteiger partial charge in [0, 0.05) is 19.5 Å². The minimum absolute atomic E-state index is 0.0326. The number of amides is 2. The van der Waals surface area contributed by atoms with E-state index in [0.717, 1.165) is 42.8 Å². The molecule has 0 aliphatic carbocycles. The molecule has 1 aromatic heterocycles. The lowest BCUT2D eigenvalue weighted by Crippen LogP contribution is -2.32. The Kier molecular flexibility index (Phi) is 6.21. The predicted octanol–water partition coefficient (Wildman–Crippen LogP) is 4.74. The van der Waals surface area contributed by atoms with Crippen molar-refractivity contribution in [2.45, 2.75) is 25.3 Å². The zero-order valence-corrected chi connectivity index (χ0v) is 19.0. The fourth-order valence-corrected chi connectivity index (χ4v) is 4.92. The molecule has 5 rings (SSSR count). The average molecular weight is 460 g/mol. The highest BCUT2D eigenvalue weighted by Gasteiger charge is 2.34. The fourth-order valence-electron chi connectivity index (χ4n) is 4.27. The Bertz CT molecular complexity index is 1140. The Morgan fingerprint density at radius 1 is 0.970 bits per heavy atom. The minimum Gasteiger partial charge on any atom is -0.484 e. The molecule has 1 atom stereocenters. The zero-order chi connectivity index (χ0) is 22.6. The second kappa shape index (κ2) is 9.58. The van der Waals surface area contributed by atoms with Gasteiger partial charge in [-0.25, -0.2) is 5.01 Å². The summed E-state index contributed by atoms with van der Waals surface area (Å²) < 4.78 is 5.70. The van der Waals surface area contributed by atoms with Gasteiger partial charge in [-0.05, 0) is 59.7 Å². The molecule has 0 unspecified atom stereocenters. The number of carbonyl (C=O) groups excluding carboxylic acids is 2. The number of hydrogen-bond acceptors (Lipinski definition) is 5. The number of hydrogen-bond donors (Lipinski definition) is 0. The molecule has 1 fully saturated rings. The second-order valence-electron chi connectivity index (χ2n) is 8.21. The molecule has 0 spiro atoms. The van der Waals surface area contributed by atoms with Crippen LogP contribution in [-0.4, -0.2) is 47.1 Å². The molecule has 2 aliphatic heterocycles. The van der Waals surface area contributed by atoms with Crippen LogP contribution in [0.2, 0.25) is 0 Å². The highest BCUT2D eigenvalue weighted by Crippen LogP contribution is 2.34. The summed E-state index contributed by atoms with van der Waals surface area (Å²) in [5.74, 6) is 0.593. The zero-order valence-electron chi connectivity index (χ0n) is 18.2. The highest BCUT2D eigenvalue weighted by atomic mass is 32.1. The maximum atomic E-state index is 13.2. The largest absolute Gasteiger partial charge is 0.484 e. The van der Waals surface area contributed by atoms with E-state index in [4.69, 9.17) is 9.84 Å². The molecular formula is C26H25N3O3S. The normalized spacial score (nSPS) is 17.8. The Labute approximate surface area is 197 Å². The van der Waals surface area contributed by atoms with Gasteiger partial charge in [0.05, 0.1) is 16.6 Å². The van der Waals surface area contributed by atoms with Crippen LogP contribution < -0.4 is 4.74 Å². The van der Waals surface area contributed by atoms with Crippen LogP contribution in [0.1, 0.15) is 46.1 Å². The van der Waals surface area contributed by atoms with Crippen molar-refractivity contribution in [2.24, 2.45) is 5.10 Å². The van der Waals surface area contributed by atoms with Gasteiger partial charge in [0.1, 0.15) is 5.75 Å². The van der Waals surface area contributed by atoms with Gasteiger partial charge in [-0.1, -0.05) is 36.4 Å². The lowest BCUT2D eigenvalue weighted by molar-refractivity contribution is -0.132. The van der Waals surface area contributed by atoms with Gasteiger partial charge < -0.3 is 9.64 Å². The molecule has 0 N–H and O–H groups in total. The predicted molar refractivity (Wildman–Crippen MR) is 129 cm³/mol. The fraction of sp³-hybridized carbons (Fsp3) is 0.269. The molecule has 6 nitrogen and oxygen atoms in total. The van der Waals surface area contributed by atoms with Gasteiger partial charge in [0.25, 0.3) is 11.8 Å². The van der Waals surface area contributed by atoms with E-state index >= 15 is 0 Å². The number of rotatable bonds is 6. The Morgan fingerprint density at radius 3 is 2.42 bits per heavy atom. The van der Waals surface area contributed by atoms with Gasteiger partial charge >= 0.3 is 0 Å². The third-order valence-electron chi connectivity index (χ3n) is 6.04. The van der Waals surface area contributed by atoms with E-state index in [-0.39, 0.29) is 24.5 Å². The molecule has 7 heteroatoms. The first kappa shape index (κ1) is 21.4. The van der Waals surface area contributed by atoms with Crippen molar-refractivity contribution in [2.75, 3.05) is 19.7 Å². The molecule has 2 amide bonds.